The fourth-order valence-electron chi connectivity index (χ4n) is 12.7. The van der Waals surface area contributed by atoms with Crippen molar-refractivity contribution in [2.45, 2.75) is 446 Å². The number of hydrogen-bond donors (Lipinski definition) is 3. The first-order valence-corrected chi connectivity index (χ1v) is 45.3. The van der Waals surface area contributed by atoms with Gasteiger partial charge in [-0.05, 0) is 43.4 Å². The molecule has 0 heterocycles. The average molecular weight is 1480 g/mol. The zero-order valence-corrected chi connectivity index (χ0v) is 68.2. The van der Waals surface area contributed by atoms with Crippen LogP contribution < -0.4 is 0 Å². The van der Waals surface area contributed by atoms with Gasteiger partial charge in [-0.25, -0.2) is 9.13 Å². The summed E-state index contributed by atoms with van der Waals surface area (Å²) < 4.78 is 68.7. The summed E-state index contributed by atoms with van der Waals surface area (Å²) in [6.45, 7) is 12.0. The maximum absolute atomic E-state index is 13.1. The van der Waals surface area contributed by atoms with Gasteiger partial charge in [-0.1, -0.05) is 376 Å². The molecule has 101 heavy (non-hydrogen) atoms. The Bertz CT molecular complexity index is 1960. The van der Waals surface area contributed by atoms with E-state index in [2.05, 4.69) is 48.5 Å². The van der Waals surface area contributed by atoms with E-state index in [9.17, 15) is 43.2 Å². The number of phosphoric acid groups is 2. The van der Waals surface area contributed by atoms with Crippen molar-refractivity contribution in [2.75, 3.05) is 39.6 Å². The van der Waals surface area contributed by atoms with Gasteiger partial charge in [-0.15, -0.1) is 0 Å². The number of carbonyl (C=O) groups is 4. The lowest BCUT2D eigenvalue weighted by molar-refractivity contribution is -0.161. The van der Waals surface area contributed by atoms with Crippen molar-refractivity contribution in [3.05, 3.63) is 0 Å². The summed E-state index contributed by atoms with van der Waals surface area (Å²) in [5.74, 6) is 0.274. The van der Waals surface area contributed by atoms with Gasteiger partial charge in [0.05, 0.1) is 26.4 Å². The van der Waals surface area contributed by atoms with Gasteiger partial charge in [0, 0.05) is 25.7 Å². The van der Waals surface area contributed by atoms with E-state index in [4.69, 9.17) is 37.0 Å². The van der Waals surface area contributed by atoms with E-state index in [-0.39, 0.29) is 25.7 Å². The molecule has 600 valence electrons. The summed E-state index contributed by atoms with van der Waals surface area (Å²) in [6, 6.07) is 0. The van der Waals surface area contributed by atoms with Gasteiger partial charge in [0.1, 0.15) is 19.3 Å². The van der Waals surface area contributed by atoms with E-state index in [1.165, 1.54) is 238 Å². The number of ether oxygens (including phenoxy) is 4. The van der Waals surface area contributed by atoms with Gasteiger partial charge >= 0.3 is 39.5 Å². The number of hydrogen-bond acceptors (Lipinski definition) is 15. The molecule has 0 amide bonds. The minimum Gasteiger partial charge on any atom is -0.462 e. The Morgan fingerprint density at radius 2 is 0.455 bits per heavy atom. The third-order valence-electron chi connectivity index (χ3n) is 19.1. The molecule has 0 aliphatic rings. The maximum Gasteiger partial charge on any atom is 0.472 e. The van der Waals surface area contributed by atoms with E-state index in [0.717, 1.165) is 108 Å². The number of carbonyl (C=O) groups excluding carboxylic acids is 4. The van der Waals surface area contributed by atoms with Crippen LogP contribution in [0.5, 0.6) is 0 Å². The normalized spacial score (nSPS) is 14.0. The van der Waals surface area contributed by atoms with Gasteiger partial charge in [0.2, 0.25) is 0 Å². The summed E-state index contributed by atoms with van der Waals surface area (Å²) in [5, 5.41) is 10.6. The SMILES string of the molecule is CCCCCCCCCCCC(=O)OC[C@H](COP(=O)(O)OC[C@H](O)COP(=O)(O)OC[C@@H](COC(=O)CCCCCCCCCCCCCCCCC(C)C)OC(=O)CCCCCCCCCCCCCCCCCCCCC(C)C)OC(=O)CCCCCCCCCCCCCC(C)C. The van der Waals surface area contributed by atoms with Crippen LogP contribution >= 0.6 is 15.6 Å². The minimum absolute atomic E-state index is 0.106. The monoisotopic (exact) mass is 1480 g/mol. The summed E-state index contributed by atoms with van der Waals surface area (Å²) in [6.07, 6.45) is 61.1. The highest BCUT2D eigenvalue weighted by Gasteiger charge is 2.30. The molecule has 0 aromatic carbocycles. The highest BCUT2D eigenvalue weighted by molar-refractivity contribution is 7.47. The van der Waals surface area contributed by atoms with Gasteiger partial charge in [-0.3, -0.25) is 37.3 Å². The van der Waals surface area contributed by atoms with Gasteiger partial charge < -0.3 is 33.8 Å². The maximum atomic E-state index is 13.1. The topological polar surface area (TPSA) is 237 Å². The van der Waals surface area contributed by atoms with Crippen LogP contribution in [0.1, 0.15) is 427 Å². The molecule has 0 bridgehead atoms. The molecule has 0 aliphatic carbocycles. The standard InChI is InChI=1S/C82H160O17P2/c1-8-9-10-11-12-32-42-49-56-63-79(84)92-69-77(98-82(87)66-59-52-45-38-31-25-28-35-41-48-55-62-75(6)7)71-96-100(88,89)94-67-76(83)68-95-101(90,91)97-72-78(70-93-80(85)64-57-50-43-36-29-23-20-19-22-27-34-40-47-54-61-74(4)5)99-81(86)65-58-51-44-37-30-24-18-16-14-13-15-17-21-26-33-39-46-53-60-73(2)3/h73-78,83H,8-72H2,1-7H3,(H,88,89)(H,90,91)/t76-,77+,78+/m0/s1. The molecule has 0 aromatic heterocycles. The van der Waals surface area contributed by atoms with E-state index in [0.29, 0.717) is 25.7 Å². The number of phosphoric ester groups is 2. The second-order valence-corrected chi connectivity index (χ2v) is 33.8. The third kappa shape index (κ3) is 76.1. The molecule has 3 N–H and O–H groups in total. The molecule has 19 heteroatoms. The number of esters is 4. The first-order chi connectivity index (χ1) is 48.7. The van der Waals surface area contributed by atoms with Crippen LogP contribution in [0.3, 0.4) is 0 Å². The molecule has 17 nitrogen and oxygen atoms in total. The molecule has 0 rings (SSSR count). The van der Waals surface area contributed by atoms with E-state index in [1.54, 1.807) is 0 Å². The molecule has 0 spiro atoms. The zero-order chi connectivity index (χ0) is 74.4. The lowest BCUT2D eigenvalue weighted by Gasteiger charge is -2.21. The Labute approximate surface area is 619 Å². The second kappa shape index (κ2) is 72.3. The Balaban J connectivity index is 5.21. The molecule has 0 radical (unpaired) electrons. The molecule has 0 aromatic rings. The van der Waals surface area contributed by atoms with Crippen molar-refractivity contribution in [3.63, 3.8) is 0 Å². The first kappa shape index (κ1) is 99.1. The number of aliphatic hydroxyl groups is 1. The summed E-state index contributed by atoms with van der Waals surface area (Å²) in [4.78, 5) is 73.0. The number of unbranched alkanes of at least 4 members (excludes halogenated alkanes) is 48. The lowest BCUT2D eigenvalue weighted by Crippen LogP contribution is -2.30. The molecule has 0 saturated carbocycles. The van der Waals surface area contributed by atoms with Crippen molar-refractivity contribution < 1.29 is 80.2 Å². The Morgan fingerprint density at radius 1 is 0.267 bits per heavy atom. The predicted molar refractivity (Wildman–Crippen MR) is 414 cm³/mol. The molecule has 2 unspecified atom stereocenters. The largest absolute Gasteiger partial charge is 0.472 e. The molecule has 5 atom stereocenters. The minimum atomic E-state index is -4.96. The van der Waals surface area contributed by atoms with Crippen LogP contribution in [0.4, 0.5) is 0 Å². The van der Waals surface area contributed by atoms with Crippen LogP contribution in [-0.4, -0.2) is 96.7 Å². The molecule has 0 saturated heterocycles. The lowest BCUT2D eigenvalue weighted by atomic mass is 10.0. The van der Waals surface area contributed by atoms with Crippen LogP contribution in [-0.2, 0) is 65.4 Å². The smallest absolute Gasteiger partial charge is 0.462 e. The van der Waals surface area contributed by atoms with E-state index >= 15 is 0 Å². The fourth-order valence-corrected chi connectivity index (χ4v) is 14.2. The van der Waals surface area contributed by atoms with Crippen molar-refractivity contribution >= 4 is 39.5 Å². The third-order valence-corrected chi connectivity index (χ3v) is 21.0. The molecular weight excluding hydrogens is 1320 g/mol. The second-order valence-electron chi connectivity index (χ2n) is 30.9. The molecule has 0 fully saturated rings. The Morgan fingerprint density at radius 3 is 0.673 bits per heavy atom. The number of aliphatic hydroxyl groups excluding tert-OH is 1. The van der Waals surface area contributed by atoms with Gasteiger partial charge in [0.25, 0.3) is 0 Å². The highest BCUT2D eigenvalue weighted by atomic mass is 31.2. The summed E-state index contributed by atoms with van der Waals surface area (Å²) >= 11 is 0. The quantitative estimate of drug-likeness (QED) is 0.0222. The zero-order valence-electron chi connectivity index (χ0n) is 66.4. The molecule has 0 aliphatic heterocycles. The van der Waals surface area contributed by atoms with Crippen LogP contribution in [0.25, 0.3) is 0 Å². The Kier molecular flexibility index (Phi) is 70.9. The van der Waals surface area contributed by atoms with Crippen molar-refractivity contribution in [1.82, 2.24) is 0 Å². The van der Waals surface area contributed by atoms with Crippen LogP contribution in [0.2, 0.25) is 0 Å². The Hall–Kier alpha value is -1.94. The summed E-state index contributed by atoms with van der Waals surface area (Å²) in [5.41, 5.74) is 0. The van der Waals surface area contributed by atoms with Crippen LogP contribution in [0, 0.1) is 17.8 Å². The van der Waals surface area contributed by atoms with Gasteiger partial charge in [-0.2, -0.15) is 0 Å². The van der Waals surface area contributed by atoms with Crippen molar-refractivity contribution in [1.29, 1.82) is 0 Å². The van der Waals surface area contributed by atoms with Gasteiger partial charge in [0.15, 0.2) is 12.2 Å². The van der Waals surface area contributed by atoms with E-state index < -0.39 is 97.5 Å². The van der Waals surface area contributed by atoms with Crippen molar-refractivity contribution in [2.24, 2.45) is 17.8 Å². The number of rotatable bonds is 80. The van der Waals surface area contributed by atoms with Crippen molar-refractivity contribution in [3.8, 4) is 0 Å². The first-order valence-electron chi connectivity index (χ1n) is 42.3. The average Bonchev–Trinajstić information content (AvgIpc) is 1.24. The molecular formula is C82H160O17P2. The van der Waals surface area contributed by atoms with E-state index in [1.807, 2.05) is 0 Å². The fraction of sp³-hybridized carbons (Fsp3) is 0.951. The summed E-state index contributed by atoms with van der Waals surface area (Å²) in [7, 11) is -9.92. The predicted octanol–water partition coefficient (Wildman–Crippen LogP) is 24.5. The van der Waals surface area contributed by atoms with Crippen LogP contribution in [0.15, 0.2) is 0 Å². The highest BCUT2D eigenvalue weighted by Crippen LogP contribution is 2.45.